The molecule has 0 aliphatic heterocycles. The molecule has 7 heteroatoms. The molecule has 0 fully saturated rings. The first-order valence-corrected chi connectivity index (χ1v) is 6.82. The van der Waals surface area contributed by atoms with Gasteiger partial charge in [-0.25, -0.2) is 4.68 Å². The zero-order valence-electron chi connectivity index (χ0n) is 12.1. The molecule has 1 amide bonds. The van der Waals surface area contributed by atoms with Gasteiger partial charge in [0.05, 0.1) is 6.10 Å². The van der Waals surface area contributed by atoms with Crippen LogP contribution in [-0.4, -0.2) is 43.9 Å². The molecule has 0 aliphatic rings. The van der Waals surface area contributed by atoms with Gasteiger partial charge in [-0.3, -0.25) is 4.79 Å². The number of carbonyl (C=O) groups is 1. The molecule has 2 rings (SSSR count). The Bertz CT molecular complexity index is 582. The van der Waals surface area contributed by atoms with Crippen LogP contribution in [-0.2, 0) is 11.2 Å². The van der Waals surface area contributed by atoms with Crippen LogP contribution >= 0.6 is 0 Å². The van der Waals surface area contributed by atoms with E-state index in [-0.39, 0.29) is 12.5 Å². The number of nitrogens with zero attached hydrogens (tertiary/aromatic N) is 4. The van der Waals surface area contributed by atoms with Crippen LogP contribution in [0.1, 0.15) is 24.4 Å². The van der Waals surface area contributed by atoms with Gasteiger partial charge in [-0.15, -0.1) is 5.10 Å². The summed E-state index contributed by atoms with van der Waals surface area (Å²) in [5, 5.41) is 23.3. The van der Waals surface area contributed by atoms with Crippen LogP contribution < -0.4 is 5.32 Å². The van der Waals surface area contributed by atoms with Crippen molar-refractivity contribution < 1.29 is 9.90 Å². The normalized spacial score (nSPS) is 13.7. The number of tetrazole rings is 1. The van der Waals surface area contributed by atoms with Crippen LogP contribution in [0.25, 0.3) is 0 Å². The molecule has 0 radical (unpaired) electrons. The Morgan fingerprint density at radius 2 is 2.10 bits per heavy atom. The lowest BCUT2D eigenvalue weighted by Gasteiger charge is -2.18. The molecule has 1 heterocycles. The third kappa shape index (κ3) is 4.09. The molecular weight excluding hydrogens is 270 g/mol. The summed E-state index contributed by atoms with van der Waals surface area (Å²) in [6, 6.07) is 9.14. The van der Waals surface area contributed by atoms with E-state index in [0.717, 1.165) is 5.56 Å². The number of aromatic nitrogens is 4. The summed E-state index contributed by atoms with van der Waals surface area (Å²) < 4.78 is 1.50. The molecule has 7 nitrogen and oxygen atoms in total. The van der Waals surface area contributed by atoms with Gasteiger partial charge in [-0.1, -0.05) is 30.3 Å². The van der Waals surface area contributed by atoms with Crippen LogP contribution in [0, 0.1) is 6.92 Å². The first-order chi connectivity index (χ1) is 10.1. The Morgan fingerprint density at radius 1 is 1.38 bits per heavy atom. The van der Waals surface area contributed by atoms with Crippen LogP contribution in [0.15, 0.2) is 30.3 Å². The van der Waals surface area contributed by atoms with E-state index in [0.29, 0.717) is 12.2 Å². The maximum Gasteiger partial charge on any atom is 0.245 e. The molecule has 21 heavy (non-hydrogen) atoms. The number of aliphatic hydroxyl groups excluding tert-OH is 1. The van der Waals surface area contributed by atoms with Crippen molar-refractivity contribution in [3.8, 4) is 0 Å². The highest BCUT2D eigenvalue weighted by Crippen LogP contribution is 2.14. The van der Waals surface area contributed by atoms with E-state index in [4.69, 9.17) is 0 Å². The lowest BCUT2D eigenvalue weighted by atomic mass is 10.1. The zero-order chi connectivity index (χ0) is 15.2. The predicted octanol–water partition coefficient (Wildman–Crippen LogP) is 0.262. The van der Waals surface area contributed by atoms with Gasteiger partial charge in [0.2, 0.25) is 5.91 Å². The van der Waals surface area contributed by atoms with E-state index in [1.54, 1.807) is 13.8 Å². The molecule has 2 atom stereocenters. The number of aliphatic hydroxyl groups is 1. The largest absolute Gasteiger partial charge is 0.392 e. The van der Waals surface area contributed by atoms with Crippen molar-refractivity contribution in [1.82, 2.24) is 25.5 Å². The number of amides is 1. The van der Waals surface area contributed by atoms with Gasteiger partial charge in [0, 0.05) is 13.0 Å². The maximum absolute atomic E-state index is 12.4. The van der Waals surface area contributed by atoms with Crippen molar-refractivity contribution in [3.05, 3.63) is 41.7 Å². The van der Waals surface area contributed by atoms with E-state index in [1.165, 1.54) is 4.68 Å². The SMILES string of the molecule is Cc1nnnn1C(Cc1ccccc1)C(=O)NCC(C)O. The molecule has 2 aromatic rings. The summed E-state index contributed by atoms with van der Waals surface area (Å²) in [5.74, 6) is 0.360. The molecule has 0 bridgehead atoms. The van der Waals surface area contributed by atoms with Crippen molar-refractivity contribution >= 4 is 5.91 Å². The second-order valence-electron chi connectivity index (χ2n) is 4.97. The summed E-state index contributed by atoms with van der Waals surface area (Å²) in [5.41, 5.74) is 1.02. The van der Waals surface area contributed by atoms with Crippen molar-refractivity contribution in [2.75, 3.05) is 6.54 Å². The highest BCUT2D eigenvalue weighted by atomic mass is 16.3. The summed E-state index contributed by atoms with van der Waals surface area (Å²) in [6.07, 6.45) is -0.112. The van der Waals surface area contributed by atoms with Crippen LogP contribution in [0.5, 0.6) is 0 Å². The fourth-order valence-corrected chi connectivity index (χ4v) is 2.02. The minimum atomic E-state index is -0.596. The fraction of sp³-hybridized carbons (Fsp3) is 0.429. The van der Waals surface area contributed by atoms with Crippen molar-refractivity contribution in [1.29, 1.82) is 0 Å². The lowest BCUT2D eigenvalue weighted by Crippen LogP contribution is -2.38. The molecule has 0 saturated heterocycles. The highest BCUT2D eigenvalue weighted by molar-refractivity contribution is 5.80. The summed E-state index contributed by atoms with van der Waals surface area (Å²) in [7, 11) is 0. The number of benzene rings is 1. The Kier molecular flexibility index (Phi) is 4.99. The van der Waals surface area contributed by atoms with Crippen molar-refractivity contribution in [2.45, 2.75) is 32.4 Å². The Hall–Kier alpha value is -2.28. The summed E-state index contributed by atoms with van der Waals surface area (Å²) >= 11 is 0. The molecule has 0 saturated carbocycles. The maximum atomic E-state index is 12.4. The molecule has 0 spiro atoms. The Morgan fingerprint density at radius 3 is 2.67 bits per heavy atom. The van der Waals surface area contributed by atoms with Gasteiger partial charge in [0.1, 0.15) is 11.9 Å². The second kappa shape index (κ2) is 6.94. The molecular formula is C14H19N5O2. The zero-order valence-corrected chi connectivity index (χ0v) is 12.1. The first-order valence-electron chi connectivity index (χ1n) is 6.82. The van der Waals surface area contributed by atoms with Crippen LogP contribution in [0.4, 0.5) is 0 Å². The van der Waals surface area contributed by atoms with Gasteiger partial charge in [-0.2, -0.15) is 0 Å². The number of hydrogen-bond acceptors (Lipinski definition) is 5. The van der Waals surface area contributed by atoms with Gasteiger partial charge in [0.25, 0.3) is 0 Å². The van der Waals surface area contributed by atoms with E-state index >= 15 is 0 Å². The van der Waals surface area contributed by atoms with E-state index in [2.05, 4.69) is 20.8 Å². The average Bonchev–Trinajstić information content (AvgIpc) is 2.89. The molecule has 112 valence electrons. The van der Waals surface area contributed by atoms with E-state index in [9.17, 15) is 9.90 Å². The first kappa shape index (κ1) is 15.1. The molecule has 2 unspecified atom stereocenters. The third-order valence-corrected chi connectivity index (χ3v) is 3.10. The smallest absolute Gasteiger partial charge is 0.245 e. The lowest BCUT2D eigenvalue weighted by molar-refractivity contribution is -0.125. The van der Waals surface area contributed by atoms with Crippen molar-refractivity contribution in [3.63, 3.8) is 0 Å². The molecule has 1 aromatic heterocycles. The Labute approximate surface area is 123 Å². The van der Waals surface area contributed by atoms with Crippen molar-refractivity contribution in [2.24, 2.45) is 0 Å². The number of hydrogen-bond donors (Lipinski definition) is 2. The number of nitrogens with one attached hydrogen (secondary N) is 1. The molecule has 1 aromatic carbocycles. The number of rotatable bonds is 6. The monoisotopic (exact) mass is 289 g/mol. The van der Waals surface area contributed by atoms with E-state index in [1.807, 2.05) is 30.3 Å². The summed E-state index contributed by atoms with van der Waals surface area (Å²) in [6.45, 7) is 3.57. The molecule has 2 N–H and O–H groups in total. The average molecular weight is 289 g/mol. The quantitative estimate of drug-likeness (QED) is 0.796. The number of aryl methyl sites for hydroxylation is 1. The highest BCUT2D eigenvalue weighted by Gasteiger charge is 2.24. The van der Waals surface area contributed by atoms with Gasteiger partial charge in [-0.05, 0) is 29.8 Å². The third-order valence-electron chi connectivity index (χ3n) is 3.10. The Balaban J connectivity index is 2.18. The molecule has 0 aliphatic carbocycles. The minimum Gasteiger partial charge on any atom is -0.392 e. The van der Waals surface area contributed by atoms with E-state index < -0.39 is 12.1 Å². The predicted molar refractivity (Wildman–Crippen MR) is 76.4 cm³/mol. The minimum absolute atomic E-state index is 0.200. The topological polar surface area (TPSA) is 92.9 Å². The van der Waals surface area contributed by atoms with Crippen LogP contribution in [0.3, 0.4) is 0 Å². The summed E-state index contributed by atoms with van der Waals surface area (Å²) in [4.78, 5) is 12.4. The van der Waals surface area contributed by atoms with Gasteiger partial charge < -0.3 is 10.4 Å². The van der Waals surface area contributed by atoms with Gasteiger partial charge in [0.15, 0.2) is 0 Å². The second-order valence-corrected chi connectivity index (χ2v) is 4.97. The standard InChI is InChI=1S/C14H19N5O2/c1-10(20)9-15-14(21)13(19-11(2)16-17-18-19)8-12-6-4-3-5-7-12/h3-7,10,13,20H,8-9H2,1-2H3,(H,15,21). The number of carbonyl (C=O) groups excluding carboxylic acids is 1. The fourth-order valence-electron chi connectivity index (χ4n) is 2.02. The van der Waals surface area contributed by atoms with Gasteiger partial charge >= 0.3 is 0 Å². The van der Waals surface area contributed by atoms with Crippen LogP contribution in [0.2, 0.25) is 0 Å².